The van der Waals surface area contributed by atoms with Crippen LogP contribution in [0.4, 0.5) is 5.82 Å². The number of anilines is 1. The Morgan fingerprint density at radius 1 is 1.11 bits per heavy atom. The molecule has 28 heavy (non-hydrogen) atoms. The van der Waals surface area contributed by atoms with E-state index in [0.717, 1.165) is 16.6 Å². The number of hydrogen-bond donors (Lipinski definition) is 2. The predicted molar refractivity (Wildman–Crippen MR) is 109 cm³/mol. The molecule has 1 aromatic heterocycles. The van der Waals surface area contributed by atoms with Crippen LogP contribution in [-0.2, 0) is 13.1 Å². The van der Waals surface area contributed by atoms with Gasteiger partial charge in [0.05, 0.1) is 19.7 Å². The number of benzene rings is 1. The summed E-state index contributed by atoms with van der Waals surface area (Å²) in [7, 11) is 0. The lowest BCUT2D eigenvalue weighted by Gasteiger charge is -2.21. The number of ketones is 1. The smallest absolute Gasteiger partial charge is 0.332 e. The summed E-state index contributed by atoms with van der Waals surface area (Å²) < 4.78 is 2.30. The summed E-state index contributed by atoms with van der Waals surface area (Å²) in [6.07, 6.45) is 0.801. The average molecular weight is 388 g/mol. The molecule has 2 aromatic rings. The van der Waals surface area contributed by atoms with Crippen molar-refractivity contribution < 1.29 is 9.90 Å². The summed E-state index contributed by atoms with van der Waals surface area (Å²) in [5.74, 6) is -0.567. The Hall–Kier alpha value is -2.71. The van der Waals surface area contributed by atoms with Gasteiger partial charge in [-0.1, -0.05) is 37.3 Å². The summed E-state index contributed by atoms with van der Waals surface area (Å²) in [6, 6.07) is 9.24. The largest absolute Gasteiger partial charge is 0.395 e. The SMILES string of the molecule is CCCN(CCO)CC(=O)c1c(N)n(Cc2ccccc2)c(=O)n(CC)c1=O. The van der Waals surface area contributed by atoms with Crippen molar-refractivity contribution in [2.24, 2.45) is 0 Å². The molecule has 2 rings (SSSR count). The van der Waals surface area contributed by atoms with Crippen molar-refractivity contribution in [2.45, 2.75) is 33.4 Å². The third kappa shape index (κ3) is 4.76. The van der Waals surface area contributed by atoms with Gasteiger partial charge in [-0.25, -0.2) is 4.79 Å². The Morgan fingerprint density at radius 3 is 2.36 bits per heavy atom. The number of carbonyl (C=O) groups is 1. The number of Topliss-reactive ketones (excluding diaryl/α,β-unsaturated/α-hetero) is 1. The molecule has 1 heterocycles. The number of aromatic nitrogens is 2. The molecule has 152 valence electrons. The maximum Gasteiger partial charge on any atom is 0.332 e. The molecule has 0 radical (unpaired) electrons. The lowest BCUT2D eigenvalue weighted by atomic mass is 10.1. The highest BCUT2D eigenvalue weighted by atomic mass is 16.3. The van der Waals surface area contributed by atoms with Crippen LogP contribution in [0.1, 0.15) is 36.2 Å². The third-order valence-corrected chi connectivity index (χ3v) is 4.57. The quantitative estimate of drug-likeness (QED) is 0.575. The van der Waals surface area contributed by atoms with E-state index < -0.39 is 17.0 Å². The third-order valence-electron chi connectivity index (χ3n) is 4.57. The zero-order chi connectivity index (χ0) is 20.7. The van der Waals surface area contributed by atoms with E-state index in [9.17, 15) is 19.5 Å². The molecule has 0 fully saturated rings. The van der Waals surface area contributed by atoms with Gasteiger partial charge in [-0.2, -0.15) is 0 Å². The standard InChI is InChI=1S/C20H28N4O4/c1-3-10-22(11-12-25)14-16(26)17-18(21)24(13-15-8-6-5-7-9-15)20(28)23(4-2)19(17)27/h5-9,25H,3-4,10-14,21H2,1-2H3. The molecular weight excluding hydrogens is 360 g/mol. The topological polar surface area (TPSA) is 111 Å². The molecule has 0 saturated heterocycles. The number of rotatable bonds is 10. The highest BCUT2D eigenvalue weighted by molar-refractivity contribution is 6.01. The van der Waals surface area contributed by atoms with E-state index in [-0.39, 0.29) is 37.6 Å². The molecule has 0 aliphatic carbocycles. The number of aliphatic hydroxyl groups excluding tert-OH is 1. The van der Waals surface area contributed by atoms with Gasteiger partial charge in [0.15, 0.2) is 5.78 Å². The van der Waals surface area contributed by atoms with Crippen LogP contribution >= 0.6 is 0 Å². The van der Waals surface area contributed by atoms with Crippen molar-refractivity contribution in [1.82, 2.24) is 14.0 Å². The van der Waals surface area contributed by atoms with Gasteiger partial charge >= 0.3 is 5.69 Å². The van der Waals surface area contributed by atoms with Gasteiger partial charge in [0, 0.05) is 13.1 Å². The molecular formula is C20H28N4O4. The Morgan fingerprint density at radius 2 is 1.79 bits per heavy atom. The van der Waals surface area contributed by atoms with E-state index in [1.54, 1.807) is 11.8 Å². The van der Waals surface area contributed by atoms with Crippen molar-refractivity contribution >= 4 is 11.6 Å². The number of carbonyl (C=O) groups excluding carboxylic acids is 1. The van der Waals surface area contributed by atoms with Crippen molar-refractivity contribution in [3.05, 3.63) is 62.3 Å². The highest BCUT2D eigenvalue weighted by Crippen LogP contribution is 2.10. The first-order valence-electron chi connectivity index (χ1n) is 9.47. The van der Waals surface area contributed by atoms with E-state index in [1.165, 1.54) is 4.57 Å². The first-order chi connectivity index (χ1) is 13.4. The number of nitrogens with zero attached hydrogens (tertiary/aromatic N) is 3. The Labute approximate surface area is 163 Å². The normalized spacial score (nSPS) is 11.1. The van der Waals surface area contributed by atoms with E-state index in [0.29, 0.717) is 13.1 Å². The zero-order valence-corrected chi connectivity index (χ0v) is 16.4. The van der Waals surface area contributed by atoms with Crippen LogP contribution in [0.15, 0.2) is 39.9 Å². The van der Waals surface area contributed by atoms with Crippen LogP contribution in [0.2, 0.25) is 0 Å². The summed E-state index contributed by atoms with van der Waals surface area (Å²) in [5, 5.41) is 9.19. The van der Waals surface area contributed by atoms with Crippen LogP contribution in [0.5, 0.6) is 0 Å². The molecule has 8 nitrogen and oxygen atoms in total. The Bertz CT molecular complexity index is 912. The second kappa shape index (κ2) is 10.0. The molecule has 1 aromatic carbocycles. The molecule has 0 bridgehead atoms. The van der Waals surface area contributed by atoms with E-state index in [2.05, 4.69) is 0 Å². The van der Waals surface area contributed by atoms with Crippen LogP contribution in [0.25, 0.3) is 0 Å². The maximum atomic E-state index is 12.9. The Kier molecular flexibility index (Phi) is 7.71. The Balaban J connectivity index is 2.51. The molecule has 8 heteroatoms. The van der Waals surface area contributed by atoms with Gasteiger partial charge in [0.1, 0.15) is 11.4 Å². The van der Waals surface area contributed by atoms with Crippen LogP contribution in [0.3, 0.4) is 0 Å². The molecule has 0 spiro atoms. The first kappa shape index (κ1) is 21.6. The second-order valence-electron chi connectivity index (χ2n) is 6.59. The molecule has 0 amide bonds. The zero-order valence-electron chi connectivity index (χ0n) is 16.4. The van der Waals surface area contributed by atoms with Crippen molar-refractivity contribution in [2.75, 3.05) is 32.0 Å². The molecule has 3 N–H and O–H groups in total. The fraction of sp³-hybridized carbons (Fsp3) is 0.450. The number of aliphatic hydroxyl groups is 1. The fourth-order valence-electron chi connectivity index (χ4n) is 3.18. The summed E-state index contributed by atoms with van der Waals surface area (Å²) in [4.78, 5) is 40.2. The van der Waals surface area contributed by atoms with Gasteiger partial charge in [-0.3, -0.25) is 23.6 Å². The van der Waals surface area contributed by atoms with Crippen molar-refractivity contribution in [3.63, 3.8) is 0 Å². The lowest BCUT2D eigenvalue weighted by molar-refractivity contribution is 0.0913. The summed E-state index contributed by atoms with van der Waals surface area (Å²) >= 11 is 0. The maximum absolute atomic E-state index is 12.9. The van der Waals surface area contributed by atoms with Crippen LogP contribution in [-0.4, -0.2) is 51.2 Å². The number of nitrogens with two attached hydrogens (primary N) is 1. The molecule has 0 aliphatic heterocycles. The van der Waals surface area contributed by atoms with E-state index in [1.807, 2.05) is 37.3 Å². The van der Waals surface area contributed by atoms with Crippen molar-refractivity contribution in [3.8, 4) is 0 Å². The number of nitrogen functional groups attached to an aromatic ring is 1. The molecule has 0 aliphatic rings. The monoisotopic (exact) mass is 388 g/mol. The summed E-state index contributed by atoms with van der Waals surface area (Å²) in [5.41, 5.74) is 5.61. The first-order valence-corrected chi connectivity index (χ1v) is 9.47. The molecule has 0 atom stereocenters. The summed E-state index contributed by atoms with van der Waals surface area (Å²) in [6.45, 7) is 4.76. The fourth-order valence-corrected chi connectivity index (χ4v) is 3.18. The second-order valence-corrected chi connectivity index (χ2v) is 6.59. The predicted octanol–water partition coefficient (Wildman–Crippen LogP) is 0.547. The van der Waals surface area contributed by atoms with Gasteiger partial charge < -0.3 is 10.8 Å². The van der Waals surface area contributed by atoms with Gasteiger partial charge in [-0.05, 0) is 25.5 Å². The minimum Gasteiger partial charge on any atom is -0.395 e. The van der Waals surface area contributed by atoms with Gasteiger partial charge in [-0.15, -0.1) is 0 Å². The lowest BCUT2D eigenvalue weighted by Crippen LogP contribution is -2.45. The van der Waals surface area contributed by atoms with Crippen molar-refractivity contribution in [1.29, 1.82) is 0 Å². The van der Waals surface area contributed by atoms with Gasteiger partial charge in [0.2, 0.25) is 0 Å². The minimum absolute atomic E-state index is 0.0406. The molecule has 0 unspecified atom stereocenters. The van der Waals surface area contributed by atoms with Crippen LogP contribution in [0, 0.1) is 0 Å². The van der Waals surface area contributed by atoms with E-state index in [4.69, 9.17) is 5.73 Å². The average Bonchev–Trinajstić information content (AvgIpc) is 2.67. The minimum atomic E-state index is -0.667. The van der Waals surface area contributed by atoms with E-state index >= 15 is 0 Å². The highest BCUT2D eigenvalue weighted by Gasteiger charge is 2.23. The molecule has 0 saturated carbocycles. The number of hydrogen-bond acceptors (Lipinski definition) is 6. The van der Waals surface area contributed by atoms with Crippen LogP contribution < -0.4 is 17.0 Å². The van der Waals surface area contributed by atoms with Gasteiger partial charge in [0.25, 0.3) is 5.56 Å².